The SMILES string of the molecule is O=C(Nc1ccccc1)N[C@@H](OC(=O)Nc1ccc(Cl)c(Cl)c1)C(Cl)(Cl)Cl. The molecule has 0 saturated heterocycles. The molecular formula is C16H12Cl5N3O3. The number of anilines is 2. The van der Waals surface area contributed by atoms with Crippen LogP contribution in [0.5, 0.6) is 0 Å². The second-order valence-corrected chi connectivity index (χ2v) is 8.23. The number of benzene rings is 2. The zero-order valence-corrected chi connectivity index (χ0v) is 17.1. The highest BCUT2D eigenvalue weighted by molar-refractivity contribution is 6.68. The highest BCUT2D eigenvalue weighted by atomic mass is 35.6. The molecule has 0 aliphatic rings. The molecule has 0 aliphatic carbocycles. The van der Waals surface area contributed by atoms with E-state index < -0.39 is 22.1 Å². The minimum absolute atomic E-state index is 0.229. The second-order valence-electron chi connectivity index (χ2n) is 5.05. The Labute approximate surface area is 180 Å². The van der Waals surface area contributed by atoms with E-state index in [1.807, 2.05) is 0 Å². The molecule has 144 valence electrons. The number of rotatable bonds is 4. The van der Waals surface area contributed by atoms with Crippen LogP contribution in [0, 0.1) is 0 Å². The first kappa shape index (κ1) is 21.7. The molecule has 3 N–H and O–H groups in total. The van der Waals surface area contributed by atoms with Crippen LogP contribution in [0.2, 0.25) is 10.0 Å². The number of carbonyl (C=O) groups excluding carboxylic acids is 2. The van der Waals surface area contributed by atoms with Crippen molar-refractivity contribution in [2.45, 2.75) is 10.0 Å². The normalized spacial score (nSPS) is 12.0. The van der Waals surface area contributed by atoms with Crippen LogP contribution in [0.15, 0.2) is 48.5 Å². The summed E-state index contributed by atoms with van der Waals surface area (Å²) < 4.78 is 2.88. The van der Waals surface area contributed by atoms with Crippen molar-refractivity contribution in [3.8, 4) is 0 Å². The van der Waals surface area contributed by atoms with Gasteiger partial charge in [0.1, 0.15) is 0 Å². The predicted molar refractivity (Wildman–Crippen MR) is 109 cm³/mol. The fourth-order valence-electron chi connectivity index (χ4n) is 1.81. The molecule has 11 heteroatoms. The lowest BCUT2D eigenvalue weighted by atomic mass is 10.3. The summed E-state index contributed by atoms with van der Waals surface area (Å²) in [5.74, 6) is 0. The van der Waals surface area contributed by atoms with E-state index in [1.54, 1.807) is 30.3 Å². The molecule has 0 aromatic heterocycles. The molecular weight excluding hydrogens is 459 g/mol. The Balaban J connectivity index is 2.00. The third kappa shape index (κ3) is 7.16. The average molecular weight is 472 g/mol. The Morgan fingerprint density at radius 1 is 0.889 bits per heavy atom. The van der Waals surface area contributed by atoms with Gasteiger partial charge in [0.2, 0.25) is 10.0 Å². The van der Waals surface area contributed by atoms with Gasteiger partial charge in [-0.2, -0.15) is 0 Å². The summed E-state index contributed by atoms with van der Waals surface area (Å²) in [7, 11) is 0. The topological polar surface area (TPSA) is 79.5 Å². The van der Waals surface area contributed by atoms with Crippen molar-refractivity contribution < 1.29 is 14.3 Å². The van der Waals surface area contributed by atoms with Crippen LogP contribution in [-0.4, -0.2) is 22.1 Å². The minimum Gasteiger partial charge on any atom is -0.421 e. The number of para-hydroxylation sites is 1. The van der Waals surface area contributed by atoms with Gasteiger partial charge in [-0.15, -0.1) is 0 Å². The number of hydrogen-bond acceptors (Lipinski definition) is 3. The minimum atomic E-state index is -2.12. The molecule has 0 heterocycles. The van der Waals surface area contributed by atoms with Gasteiger partial charge in [0.05, 0.1) is 10.0 Å². The largest absolute Gasteiger partial charge is 0.421 e. The monoisotopic (exact) mass is 469 g/mol. The zero-order valence-electron chi connectivity index (χ0n) is 13.3. The summed E-state index contributed by atoms with van der Waals surface area (Å²) in [5.41, 5.74) is 0.796. The fraction of sp³-hybridized carbons (Fsp3) is 0.125. The van der Waals surface area contributed by atoms with E-state index in [0.717, 1.165) is 0 Å². The molecule has 3 amide bonds. The molecule has 0 spiro atoms. The van der Waals surface area contributed by atoms with Crippen LogP contribution >= 0.6 is 58.0 Å². The van der Waals surface area contributed by atoms with Crippen molar-refractivity contribution in [2.24, 2.45) is 0 Å². The van der Waals surface area contributed by atoms with Crippen molar-refractivity contribution in [3.63, 3.8) is 0 Å². The van der Waals surface area contributed by atoms with E-state index in [-0.39, 0.29) is 5.02 Å². The summed E-state index contributed by atoms with van der Waals surface area (Å²) in [6.45, 7) is 0. The molecule has 6 nitrogen and oxygen atoms in total. The lowest BCUT2D eigenvalue weighted by molar-refractivity contribution is 0.0985. The third-order valence-electron chi connectivity index (χ3n) is 2.98. The van der Waals surface area contributed by atoms with Crippen molar-refractivity contribution in [2.75, 3.05) is 10.6 Å². The molecule has 1 atom stereocenters. The quantitative estimate of drug-likeness (QED) is 0.375. The molecule has 0 aliphatic heterocycles. The molecule has 0 unspecified atom stereocenters. The summed E-state index contributed by atoms with van der Waals surface area (Å²) in [4.78, 5) is 24.1. The Bertz CT molecular complexity index is 815. The number of alkyl halides is 3. The van der Waals surface area contributed by atoms with Crippen LogP contribution in [0.4, 0.5) is 21.0 Å². The number of hydrogen-bond donors (Lipinski definition) is 3. The van der Waals surface area contributed by atoms with Gasteiger partial charge in [0, 0.05) is 11.4 Å². The molecule has 0 radical (unpaired) electrons. The van der Waals surface area contributed by atoms with Gasteiger partial charge in [-0.3, -0.25) is 10.6 Å². The predicted octanol–water partition coefficient (Wildman–Crippen LogP) is 6.06. The third-order valence-corrected chi connectivity index (χ3v) is 4.32. The molecule has 0 fully saturated rings. The standard InChI is InChI=1S/C16H12Cl5N3O3/c17-11-7-6-10(8-12(11)18)23-15(26)27-13(16(19,20)21)24-14(25)22-9-4-2-1-3-5-9/h1-8,13H,(H,23,26)(H2,22,24,25)/t13-/m0/s1. The van der Waals surface area contributed by atoms with Gasteiger partial charge in [0.25, 0.3) is 0 Å². The van der Waals surface area contributed by atoms with Crippen LogP contribution in [0.1, 0.15) is 0 Å². The zero-order chi connectivity index (χ0) is 20.0. The smallest absolute Gasteiger partial charge is 0.413 e. The lowest BCUT2D eigenvalue weighted by Crippen LogP contribution is -2.48. The number of urea groups is 1. The van der Waals surface area contributed by atoms with E-state index in [0.29, 0.717) is 16.4 Å². The van der Waals surface area contributed by atoms with Crippen molar-refractivity contribution in [1.29, 1.82) is 0 Å². The molecule has 27 heavy (non-hydrogen) atoms. The molecule has 0 saturated carbocycles. The highest BCUT2D eigenvalue weighted by Crippen LogP contribution is 2.31. The van der Waals surface area contributed by atoms with E-state index in [4.69, 9.17) is 62.7 Å². The Morgan fingerprint density at radius 2 is 1.56 bits per heavy atom. The number of ether oxygens (including phenoxy) is 1. The van der Waals surface area contributed by atoms with Crippen molar-refractivity contribution >= 4 is 81.5 Å². The van der Waals surface area contributed by atoms with E-state index >= 15 is 0 Å². The van der Waals surface area contributed by atoms with Crippen LogP contribution < -0.4 is 16.0 Å². The van der Waals surface area contributed by atoms with Gasteiger partial charge in [-0.25, -0.2) is 9.59 Å². The average Bonchev–Trinajstić information content (AvgIpc) is 2.57. The lowest BCUT2D eigenvalue weighted by Gasteiger charge is -2.25. The maximum Gasteiger partial charge on any atom is 0.413 e. The second kappa shape index (κ2) is 9.57. The summed E-state index contributed by atoms with van der Waals surface area (Å²) in [6, 6.07) is 12.2. The number of carbonyl (C=O) groups is 2. The molecule has 2 aromatic carbocycles. The first-order valence-corrected chi connectivity index (χ1v) is 9.16. The van der Waals surface area contributed by atoms with Gasteiger partial charge in [0.15, 0.2) is 0 Å². The van der Waals surface area contributed by atoms with Crippen molar-refractivity contribution in [1.82, 2.24) is 5.32 Å². The first-order valence-electron chi connectivity index (χ1n) is 7.27. The van der Waals surface area contributed by atoms with Crippen LogP contribution in [0.25, 0.3) is 0 Å². The van der Waals surface area contributed by atoms with Crippen LogP contribution in [0.3, 0.4) is 0 Å². The van der Waals surface area contributed by atoms with Gasteiger partial charge in [-0.1, -0.05) is 76.2 Å². The summed E-state index contributed by atoms with van der Waals surface area (Å²) in [6.07, 6.45) is -2.56. The van der Waals surface area contributed by atoms with Crippen molar-refractivity contribution in [3.05, 3.63) is 58.6 Å². The molecule has 2 aromatic rings. The van der Waals surface area contributed by atoms with Gasteiger partial charge < -0.3 is 10.1 Å². The van der Waals surface area contributed by atoms with Gasteiger partial charge >= 0.3 is 12.1 Å². The number of halogens is 5. The Hall–Kier alpha value is -1.57. The molecule has 0 bridgehead atoms. The van der Waals surface area contributed by atoms with E-state index in [1.165, 1.54) is 18.2 Å². The number of amides is 3. The summed E-state index contributed by atoms with van der Waals surface area (Å²) >= 11 is 29.0. The molecule has 2 rings (SSSR count). The highest BCUT2D eigenvalue weighted by Gasteiger charge is 2.37. The van der Waals surface area contributed by atoms with E-state index in [2.05, 4.69) is 16.0 Å². The van der Waals surface area contributed by atoms with E-state index in [9.17, 15) is 9.59 Å². The fourth-order valence-corrected chi connectivity index (χ4v) is 2.41. The maximum atomic E-state index is 12.0. The van der Waals surface area contributed by atoms with Crippen LogP contribution in [-0.2, 0) is 4.74 Å². The Morgan fingerprint density at radius 3 is 2.15 bits per heavy atom. The summed E-state index contributed by atoms with van der Waals surface area (Å²) in [5, 5.41) is 7.70. The first-order chi connectivity index (χ1) is 12.6. The Kier molecular flexibility index (Phi) is 7.70. The number of nitrogens with one attached hydrogen (secondary N) is 3. The van der Waals surface area contributed by atoms with Gasteiger partial charge in [-0.05, 0) is 30.3 Å². The maximum absolute atomic E-state index is 12.0.